The van der Waals surface area contributed by atoms with Gasteiger partial charge in [-0.25, -0.2) is 9.78 Å². The lowest BCUT2D eigenvalue weighted by Gasteiger charge is -2.04. The first-order valence-corrected chi connectivity index (χ1v) is 8.74. The summed E-state index contributed by atoms with van der Waals surface area (Å²) in [4.78, 5) is 28.9. The number of hydrogen-bond donors (Lipinski definition) is 1. The highest BCUT2D eigenvalue weighted by Crippen LogP contribution is 2.40. The molecule has 25 heavy (non-hydrogen) atoms. The number of ether oxygens (including phenoxy) is 1. The van der Waals surface area contributed by atoms with Crippen LogP contribution in [0, 0.1) is 6.92 Å². The van der Waals surface area contributed by atoms with Gasteiger partial charge in [-0.15, -0.1) is 11.3 Å². The number of carbonyl (C=O) groups excluding carboxylic acids is 2. The van der Waals surface area contributed by atoms with Crippen LogP contribution in [0.2, 0.25) is 0 Å². The average molecular weight is 358 g/mol. The largest absolute Gasteiger partial charge is 0.465 e. The molecular weight excluding hydrogens is 340 g/mol. The minimum absolute atomic E-state index is 0.171. The normalized spacial score (nSPS) is 10.8. The van der Waals surface area contributed by atoms with Gasteiger partial charge in [0.05, 0.1) is 22.9 Å². The maximum Gasteiger partial charge on any atom is 0.342 e. The van der Waals surface area contributed by atoms with Crippen LogP contribution in [0.15, 0.2) is 28.7 Å². The fourth-order valence-corrected chi connectivity index (χ4v) is 3.59. The number of fused-ring (bicyclic) bond motifs is 1. The van der Waals surface area contributed by atoms with Gasteiger partial charge in [0.25, 0.3) is 0 Å². The van der Waals surface area contributed by atoms with Gasteiger partial charge in [0, 0.05) is 6.42 Å². The van der Waals surface area contributed by atoms with E-state index in [9.17, 15) is 9.59 Å². The highest BCUT2D eigenvalue weighted by atomic mass is 32.1. The number of nitrogens with zero attached hydrogens (tertiary/aromatic N) is 1. The Morgan fingerprint density at radius 3 is 2.76 bits per heavy atom. The molecule has 2 heterocycles. The van der Waals surface area contributed by atoms with Crippen molar-refractivity contribution in [3.8, 4) is 10.6 Å². The number of amides is 1. The first-order chi connectivity index (χ1) is 12.0. The smallest absolute Gasteiger partial charge is 0.342 e. The van der Waals surface area contributed by atoms with E-state index in [0.29, 0.717) is 29.2 Å². The summed E-state index contributed by atoms with van der Waals surface area (Å²) in [5, 5.41) is 3.35. The highest BCUT2D eigenvalue weighted by Gasteiger charge is 2.28. The molecule has 1 amide bonds. The molecule has 3 aromatic rings. The number of benzene rings is 1. The van der Waals surface area contributed by atoms with Crippen molar-refractivity contribution in [2.24, 2.45) is 0 Å². The van der Waals surface area contributed by atoms with Crippen LogP contribution in [0.5, 0.6) is 0 Å². The number of esters is 1. The molecule has 0 radical (unpaired) electrons. The van der Waals surface area contributed by atoms with E-state index >= 15 is 0 Å². The fraction of sp³-hybridized carbons (Fsp3) is 0.278. The minimum atomic E-state index is -0.522. The molecule has 0 aliphatic heterocycles. The second-order valence-electron chi connectivity index (χ2n) is 5.51. The van der Waals surface area contributed by atoms with E-state index in [4.69, 9.17) is 9.15 Å². The number of aryl methyl sites for hydroxylation is 1. The third kappa shape index (κ3) is 3.28. The molecule has 6 nitrogen and oxygen atoms in total. The molecule has 0 atom stereocenters. The van der Waals surface area contributed by atoms with Crippen LogP contribution in [-0.4, -0.2) is 24.0 Å². The Bertz CT molecular complexity index is 909. The Morgan fingerprint density at radius 2 is 2.08 bits per heavy atom. The van der Waals surface area contributed by atoms with Crippen LogP contribution >= 0.6 is 11.3 Å². The summed E-state index contributed by atoms with van der Waals surface area (Å²) in [6.07, 6.45) is 1.08. The van der Waals surface area contributed by atoms with Crippen molar-refractivity contribution < 1.29 is 18.7 Å². The zero-order chi connectivity index (χ0) is 18.0. The second-order valence-corrected chi connectivity index (χ2v) is 6.54. The molecule has 0 aliphatic carbocycles. The zero-order valence-corrected chi connectivity index (χ0v) is 15.0. The van der Waals surface area contributed by atoms with Crippen LogP contribution in [0.3, 0.4) is 0 Å². The Kier molecular flexibility index (Phi) is 4.85. The third-order valence-electron chi connectivity index (χ3n) is 3.71. The molecule has 0 fully saturated rings. The van der Waals surface area contributed by atoms with Crippen LogP contribution in [0.25, 0.3) is 20.8 Å². The number of hydrogen-bond acceptors (Lipinski definition) is 6. The predicted molar refractivity (Wildman–Crippen MR) is 96.9 cm³/mol. The number of nitrogens with one attached hydrogen (secondary N) is 1. The molecule has 0 saturated heterocycles. The zero-order valence-electron chi connectivity index (χ0n) is 14.2. The van der Waals surface area contributed by atoms with Crippen molar-refractivity contribution in [1.29, 1.82) is 0 Å². The van der Waals surface area contributed by atoms with Gasteiger partial charge >= 0.3 is 5.97 Å². The molecule has 7 heteroatoms. The van der Waals surface area contributed by atoms with Gasteiger partial charge < -0.3 is 9.15 Å². The van der Waals surface area contributed by atoms with Crippen molar-refractivity contribution in [1.82, 2.24) is 4.98 Å². The SMILES string of the molecule is CCCC(=O)Nc1oc(C)c(C(=O)OC)c1-c1nc2ccccc2s1. The maximum atomic E-state index is 12.3. The number of furan rings is 1. The molecule has 1 aromatic carbocycles. The Balaban J connectivity index is 2.16. The molecule has 0 unspecified atom stereocenters. The summed E-state index contributed by atoms with van der Waals surface area (Å²) < 4.78 is 11.5. The van der Waals surface area contributed by atoms with Crippen LogP contribution < -0.4 is 5.32 Å². The van der Waals surface area contributed by atoms with Crippen molar-refractivity contribution in [2.45, 2.75) is 26.7 Å². The lowest BCUT2D eigenvalue weighted by atomic mass is 10.1. The van der Waals surface area contributed by atoms with Gasteiger partial charge in [0.15, 0.2) is 0 Å². The predicted octanol–water partition coefficient (Wildman–Crippen LogP) is 4.39. The number of thiazole rings is 1. The monoisotopic (exact) mass is 358 g/mol. The number of methoxy groups -OCH3 is 1. The first-order valence-electron chi connectivity index (χ1n) is 7.92. The van der Waals surface area contributed by atoms with Crippen LogP contribution in [0.1, 0.15) is 35.9 Å². The lowest BCUT2D eigenvalue weighted by molar-refractivity contribution is -0.116. The summed E-state index contributed by atoms with van der Waals surface area (Å²) in [6.45, 7) is 3.58. The van der Waals surface area contributed by atoms with E-state index in [1.54, 1.807) is 6.92 Å². The fourth-order valence-electron chi connectivity index (χ4n) is 2.58. The van der Waals surface area contributed by atoms with E-state index in [1.165, 1.54) is 18.4 Å². The molecule has 0 bridgehead atoms. The van der Waals surface area contributed by atoms with Crippen molar-refractivity contribution in [3.63, 3.8) is 0 Å². The number of anilines is 1. The van der Waals surface area contributed by atoms with Crippen molar-refractivity contribution in [2.75, 3.05) is 12.4 Å². The van der Waals surface area contributed by atoms with Crippen molar-refractivity contribution >= 4 is 39.3 Å². The number of aromatic nitrogens is 1. The summed E-state index contributed by atoms with van der Waals surface area (Å²) in [7, 11) is 1.31. The quantitative estimate of drug-likeness (QED) is 0.684. The van der Waals surface area contributed by atoms with Gasteiger partial charge in [0.2, 0.25) is 11.8 Å². The van der Waals surface area contributed by atoms with Gasteiger partial charge in [-0.05, 0) is 25.5 Å². The minimum Gasteiger partial charge on any atom is -0.465 e. The van der Waals surface area contributed by atoms with E-state index in [0.717, 1.165) is 10.2 Å². The van der Waals surface area contributed by atoms with Crippen LogP contribution in [0.4, 0.5) is 5.88 Å². The van der Waals surface area contributed by atoms with Crippen LogP contribution in [-0.2, 0) is 9.53 Å². The summed E-state index contributed by atoms with van der Waals surface area (Å²) in [5.41, 5.74) is 1.58. The van der Waals surface area contributed by atoms with Gasteiger partial charge in [0.1, 0.15) is 16.3 Å². The molecule has 3 rings (SSSR count). The standard InChI is InChI=1S/C18H18N2O4S/c1-4-7-13(21)20-16-15(14(10(2)24-16)18(22)23-3)17-19-11-8-5-6-9-12(11)25-17/h5-6,8-9H,4,7H2,1-3H3,(H,20,21). The Hall–Kier alpha value is -2.67. The molecule has 0 aliphatic rings. The van der Waals surface area contributed by atoms with E-state index in [-0.39, 0.29) is 17.4 Å². The van der Waals surface area contributed by atoms with Gasteiger partial charge in [-0.1, -0.05) is 19.1 Å². The molecule has 0 saturated carbocycles. The van der Waals surface area contributed by atoms with Crippen molar-refractivity contribution in [3.05, 3.63) is 35.6 Å². The van der Waals surface area contributed by atoms with Gasteiger partial charge in [-0.3, -0.25) is 10.1 Å². The van der Waals surface area contributed by atoms with E-state index < -0.39 is 5.97 Å². The Morgan fingerprint density at radius 1 is 1.32 bits per heavy atom. The second kappa shape index (κ2) is 7.06. The maximum absolute atomic E-state index is 12.3. The topological polar surface area (TPSA) is 81.4 Å². The summed E-state index contributed by atoms with van der Waals surface area (Å²) >= 11 is 1.43. The molecule has 1 N–H and O–H groups in total. The average Bonchev–Trinajstić information content (AvgIpc) is 3.14. The van der Waals surface area contributed by atoms with E-state index in [2.05, 4.69) is 10.3 Å². The van der Waals surface area contributed by atoms with E-state index in [1.807, 2.05) is 31.2 Å². The molecule has 0 spiro atoms. The molecule has 2 aromatic heterocycles. The molecule has 130 valence electrons. The highest BCUT2D eigenvalue weighted by molar-refractivity contribution is 7.21. The third-order valence-corrected chi connectivity index (χ3v) is 4.77. The summed E-state index contributed by atoms with van der Waals surface area (Å²) in [5.74, 6) is -0.0789. The molecular formula is C18H18N2O4S. The number of carbonyl (C=O) groups is 2. The summed E-state index contributed by atoms with van der Waals surface area (Å²) in [6, 6.07) is 7.68. The lowest BCUT2D eigenvalue weighted by Crippen LogP contribution is -2.11. The Labute approximate surface area is 148 Å². The van der Waals surface area contributed by atoms with Gasteiger partial charge in [-0.2, -0.15) is 0 Å². The number of rotatable bonds is 5. The first kappa shape index (κ1) is 17.2. The number of para-hydroxylation sites is 1.